The van der Waals surface area contributed by atoms with Crippen molar-refractivity contribution >= 4 is 5.91 Å². The molecule has 1 aromatic rings. The summed E-state index contributed by atoms with van der Waals surface area (Å²) in [5.41, 5.74) is 1.78. The standard InChI is InChI=1S/C15H18N2O2/c1-4-7-17-15(18)9-12(10-16)13-8-11(2)5-6-14(13)19-3/h4-6,8,12H,1,7,9H2,2-3H3,(H,17,18). The Hall–Kier alpha value is -2.28. The van der Waals surface area contributed by atoms with Crippen LogP contribution in [0.5, 0.6) is 5.75 Å². The van der Waals surface area contributed by atoms with E-state index in [4.69, 9.17) is 4.74 Å². The molecule has 1 aromatic carbocycles. The van der Waals surface area contributed by atoms with Gasteiger partial charge in [-0.15, -0.1) is 6.58 Å². The summed E-state index contributed by atoms with van der Waals surface area (Å²) in [6.45, 7) is 5.87. The molecule has 0 radical (unpaired) electrons. The molecule has 1 N–H and O–H groups in total. The molecule has 0 heterocycles. The van der Waals surface area contributed by atoms with Crippen molar-refractivity contribution in [3.05, 3.63) is 42.0 Å². The third-order valence-electron chi connectivity index (χ3n) is 2.75. The van der Waals surface area contributed by atoms with E-state index in [0.717, 1.165) is 11.1 Å². The van der Waals surface area contributed by atoms with Crippen molar-refractivity contribution in [2.75, 3.05) is 13.7 Å². The second-order valence-corrected chi connectivity index (χ2v) is 4.22. The molecule has 0 aliphatic heterocycles. The molecule has 4 nitrogen and oxygen atoms in total. The smallest absolute Gasteiger partial charge is 0.221 e. The van der Waals surface area contributed by atoms with Gasteiger partial charge in [0.05, 0.1) is 19.1 Å². The van der Waals surface area contributed by atoms with Gasteiger partial charge >= 0.3 is 0 Å². The van der Waals surface area contributed by atoms with Crippen LogP contribution in [0.15, 0.2) is 30.9 Å². The average molecular weight is 258 g/mol. The highest BCUT2D eigenvalue weighted by Gasteiger charge is 2.19. The third-order valence-corrected chi connectivity index (χ3v) is 2.75. The summed E-state index contributed by atoms with van der Waals surface area (Å²) in [5.74, 6) is -0.0525. The number of nitrogens with zero attached hydrogens (tertiary/aromatic N) is 1. The molecule has 1 amide bonds. The average Bonchev–Trinajstić information content (AvgIpc) is 2.42. The van der Waals surface area contributed by atoms with Gasteiger partial charge in [-0.3, -0.25) is 4.79 Å². The summed E-state index contributed by atoms with van der Waals surface area (Å²) >= 11 is 0. The largest absolute Gasteiger partial charge is 0.496 e. The minimum Gasteiger partial charge on any atom is -0.496 e. The van der Waals surface area contributed by atoms with E-state index >= 15 is 0 Å². The molecule has 1 atom stereocenters. The number of methoxy groups -OCH3 is 1. The first-order valence-corrected chi connectivity index (χ1v) is 6.04. The van der Waals surface area contributed by atoms with E-state index in [-0.39, 0.29) is 12.3 Å². The van der Waals surface area contributed by atoms with Crippen molar-refractivity contribution < 1.29 is 9.53 Å². The molecule has 0 saturated heterocycles. The number of aryl methyl sites for hydroxylation is 1. The quantitative estimate of drug-likeness (QED) is 0.796. The molecule has 0 saturated carbocycles. The van der Waals surface area contributed by atoms with E-state index in [0.29, 0.717) is 12.3 Å². The van der Waals surface area contributed by atoms with E-state index in [1.807, 2.05) is 25.1 Å². The van der Waals surface area contributed by atoms with Crippen molar-refractivity contribution in [1.82, 2.24) is 5.32 Å². The number of benzene rings is 1. The van der Waals surface area contributed by atoms with Crippen LogP contribution in [0.4, 0.5) is 0 Å². The molecule has 0 fully saturated rings. The SMILES string of the molecule is C=CCNC(=O)CC(C#N)c1cc(C)ccc1OC. The first kappa shape index (κ1) is 14.8. The van der Waals surface area contributed by atoms with Gasteiger partial charge < -0.3 is 10.1 Å². The van der Waals surface area contributed by atoms with E-state index in [1.165, 1.54) is 0 Å². The Morgan fingerprint density at radius 2 is 2.37 bits per heavy atom. The number of carbonyl (C=O) groups excluding carboxylic acids is 1. The summed E-state index contributed by atoms with van der Waals surface area (Å²) in [5, 5.41) is 11.9. The minimum atomic E-state index is -0.514. The Balaban J connectivity index is 2.91. The maximum Gasteiger partial charge on any atom is 0.221 e. The lowest BCUT2D eigenvalue weighted by Gasteiger charge is -2.14. The van der Waals surface area contributed by atoms with Gasteiger partial charge in [-0.1, -0.05) is 23.8 Å². The highest BCUT2D eigenvalue weighted by Crippen LogP contribution is 2.29. The monoisotopic (exact) mass is 258 g/mol. The van der Waals surface area contributed by atoms with Gasteiger partial charge in [0.2, 0.25) is 5.91 Å². The van der Waals surface area contributed by atoms with Crippen LogP contribution in [0.2, 0.25) is 0 Å². The molecule has 0 aliphatic rings. The maximum atomic E-state index is 11.7. The number of hydrogen-bond donors (Lipinski definition) is 1. The zero-order chi connectivity index (χ0) is 14.3. The molecule has 0 aliphatic carbocycles. The Bertz CT molecular complexity index is 503. The van der Waals surface area contributed by atoms with E-state index in [9.17, 15) is 10.1 Å². The zero-order valence-corrected chi connectivity index (χ0v) is 11.3. The molecule has 4 heteroatoms. The Kier molecular flexibility index (Phi) is 5.62. The molecule has 1 unspecified atom stereocenters. The van der Waals surface area contributed by atoms with Gasteiger partial charge in [-0.05, 0) is 13.0 Å². The Labute approximate surface area is 113 Å². The normalized spacial score (nSPS) is 11.2. The van der Waals surface area contributed by atoms with Gasteiger partial charge in [0.15, 0.2) is 0 Å². The lowest BCUT2D eigenvalue weighted by atomic mass is 9.94. The topological polar surface area (TPSA) is 62.1 Å². The molecular weight excluding hydrogens is 240 g/mol. The van der Waals surface area contributed by atoms with Crippen LogP contribution < -0.4 is 10.1 Å². The predicted octanol–water partition coefficient (Wildman–Crippen LogP) is 2.30. The first-order valence-electron chi connectivity index (χ1n) is 6.04. The number of amides is 1. The van der Waals surface area contributed by atoms with Gasteiger partial charge in [0, 0.05) is 18.5 Å². The minimum absolute atomic E-state index is 0.115. The lowest BCUT2D eigenvalue weighted by molar-refractivity contribution is -0.121. The van der Waals surface area contributed by atoms with Crippen molar-refractivity contribution in [3.63, 3.8) is 0 Å². The lowest BCUT2D eigenvalue weighted by Crippen LogP contribution is -2.24. The molecule has 0 spiro atoms. The van der Waals surface area contributed by atoms with Crippen LogP contribution in [0, 0.1) is 18.3 Å². The number of rotatable bonds is 6. The molecular formula is C15H18N2O2. The number of hydrogen-bond acceptors (Lipinski definition) is 3. The fourth-order valence-corrected chi connectivity index (χ4v) is 1.79. The van der Waals surface area contributed by atoms with Crippen LogP contribution >= 0.6 is 0 Å². The number of ether oxygens (including phenoxy) is 1. The number of nitrogens with one attached hydrogen (secondary N) is 1. The van der Waals surface area contributed by atoms with E-state index in [2.05, 4.69) is 18.0 Å². The molecule has 1 rings (SSSR count). The van der Waals surface area contributed by atoms with Crippen molar-refractivity contribution in [3.8, 4) is 11.8 Å². The van der Waals surface area contributed by atoms with Crippen LogP contribution in [0.1, 0.15) is 23.5 Å². The third kappa shape index (κ3) is 4.14. The fourth-order valence-electron chi connectivity index (χ4n) is 1.79. The van der Waals surface area contributed by atoms with Crippen LogP contribution in [0.3, 0.4) is 0 Å². The fraction of sp³-hybridized carbons (Fsp3) is 0.333. The summed E-state index contributed by atoms with van der Waals surface area (Å²) in [6, 6.07) is 7.77. The summed E-state index contributed by atoms with van der Waals surface area (Å²) in [6.07, 6.45) is 1.72. The van der Waals surface area contributed by atoms with Gasteiger partial charge in [0.25, 0.3) is 0 Å². The van der Waals surface area contributed by atoms with Gasteiger partial charge in [0.1, 0.15) is 5.75 Å². The van der Waals surface area contributed by atoms with Crippen LogP contribution in [0.25, 0.3) is 0 Å². The number of nitriles is 1. The first-order chi connectivity index (χ1) is 9.12. The van der Waals surface area contributed by atoms with Crippen LogP contribution in [-0.2, 0) is 4.79 Å². The van der Waals surface area contributed by atoms with Crippen LogP contribution in [-0.4, -0.2) is 19.6 Å². The van der Waals surface area contributed by atoms with E-state index < -0.39 is 5.92 Å². The molecule has 100 valence electrons. The summed E-state index contributed by atoms with van der Waals surface area (Å²) < 4.78 is 5.25. The summed E-state index contributed by atoms with van der Waals surface area (Å²) in [4.78, 5) is 11.7. The summed E-state index contributed by atoms with van der Waals surface area (Å²) in [7, 11) is 1.56. The second-order valence-electron chi connectivity index (χ2n) is 4.22. The Morgan fingerprint density at radius 3 is 2.95 bits per heavy atom. The Morgan fingerprint density at radius 1 is 1.63 bits per heavy atom. The number of carbonyl (C=O) groups is 1. The molecule has 19 heavy (non-hydrogen) atoms. The van der Waals surface area contributed by atoms with Gasteiger partial charge in [-0.2, -0.15) is 5.26 Å². The zero-order valence-electron chi connectivity index (χ0n) is 11.3. The molecule has 0 aromatic heterocycles. The second kappa shape index (κ2) is 7.22. The molecule has 0 bridgehead atoms. The van der Waals surface area contributed by atoms with Crippen molar-refractivity contribution in [2.24, 2.45) is 0 Å². The highest BCUT2D eigenvalue weighted by atomic mass is 16.5. The van der Waals surface area contributed by atoms with Crippen molar-refractivity contribution in [2.45, 2.75) is 19.3 Å². The maximum absolute atomic E-state index is 11.7. The predicted molar refractivity (Wildman–Crippen MR) is 73.9 cm³/mol. The van der Waals surface area contributed by atoms with Gasteiger partial charge in [-0.25, -0.2) is 0 Å². The van der Waals surface area contributed by atoms with E-state index in [1.54, 1.807) is 13.2 Å². The van der Waals surface area contributed by atoms with Crippen molar-refractivity contribution in [1.29, 1.82) is 5.26 Å². The highest BCUT2D eigenvalue weighted by molar-refractivity contribution is 5.77.